The largest absolute Gasteiger partial charge is 0.489 e. The number of carbonyl (C=O) groups is 6. The molecule has 0 radical (unpaired) electrons. The van der Waals surface area contributed by atoms with Crippen molar-refractivity contribution < 1.29 is 72.5 Å². The summed E-state index contributed by atoms with van der Waals surface area (Å²) >= 11 is 0. The van der Waals surface area contributed by atoms with E-state index in [0.717, 1.165) is 6.92 Å². The number of para-hydroxylation sites is 1. The molecule has 3 aromatic rings. The van der Waals surface area contributed by atoms with Crippen LogP contribution >= 0.6 is 0 Å². The lowest BCUT2D eigenvalue weighted by Crippen LogP contribution is -2.82. The van der Waals surface area contributed by atoms with Gasteiger partial charge in [-0.25, -0.2) is 9.59 Å². The monoisotopic (exact) mass is 949 g/mol. The molecule has 4 bridgehead atoms. The van der Waals surface area contributed by atoms with Gasteiger partial charge >= 0.3 is 23.9 Å². The summed E-state index contributed by atoms with van der Waals surface area (Å²) < 4.78 is 37.3. The van der Waals surface area contributed by atoms with Gasteiger partial charge in [0.05, 0.1) is 35.6 Å². The number of fused-ring (bicyclic) bond motifs is 3. The Balaban J connectivity index is 1.33. The Hall–Kier alpha value is -6.20. The fourth-order valence-electron chi connectivity index (χ4n) is 11.2. The van der Waals surface area contributed by atoms with Crippen LogP contribution in [0.2, 0.25) is 0 Å². The second-order valence-electron chi connectivity index (χ2n) is 19.4. The van der Waals surface area contributed by atoms with E-state index in [-0.39, 0.29) is 59.6 Å². The molecule has 1 saturated heterocycles. The summed E-state index contributed by atoms with van der Waals surface area (Å²) in [5.74, 6) is -6.57. The van der Waals surface area contributed by atoms with Gasteiger partial charge in [0.15, 0.2) is 23.6 Å². The van der Waals surface area contributed by atoms with Crippen LogP contribution in [0.3, 0.4) is 0 Å². The van der Waals surface area contributed by atoms with Crippen molar-refractivity contribution in [1.29, 1.82) is 0 Å². The first kappa shape index (κ1) is 49.2. The van der Waals surface area contributed by atoms with E-state index in [9.17, 15) is 39.3 Å². The Kier molecular flexibility index (Phi) is 13.8. The van der Waals surface area contributed by atoms with Gasteiger partial charge < -0.3 is 49.1 Å². The first-order valence-electron chi connectivity index (χ1n) is 23.4. The molecular weight excluding hydrogens is 891 g/mol. The standard InChI is InChI=1S/C53H59NO15/c1-30-36-28-53(63)46(68-48(61)33-21-13-10-14-22-33)44-51(5,45(59)43(66-31(2)55)40(30)50(53,3)4)37(56)27-38-52(44,29-65-38)69-39(57)25-15-7-6-8-18-26-64-35-24-17-16-23-34(35)41(42(58)49(62)67-36)54-47(60)32-19-11-9-12-20-32/h8-14,16-24,36-38,41-44,46,56,58,63H,6-7,15,25-29H2,1-5H3,(H,54,60)/b18-8+/t36-,37-,38+,41-,42+,43+,44-,46-,51+,52-,53+/m0/s1. The second kappa shape index (κ2) is 19.3. The minimum Gasteiger partial charge on any atom is -0.489 e. The van der Waals surface area contributed by atoms with Crippen molar-refractivity contribution in [3.8, 4) is 5.75 Å². The van der Waals surface area contributed by atoms with Crippen molar-refractivity contribution in [2.24, 2.45) is 16.7 Å². The number of nitrogens with one attached hydrogen (secondary N) is 1. The SMILES string of the molecule is CC(=O)O[C@H]1C(=O)[C@@]2(C)[C@@H]3[C@H](OC(=O)c4ccccc4)[C@]4(O)C[C@H](OC(=O)[C@H](O)[C@@H](NC(=O)c5ccccc5)c5ccccc5OC/C=C/CCCCC(=O)O[C@]35CO[C@@H]5C[C@@H]2O)C(C)=C1C4(C)C. The number of Topliss-reactive ketones (excluding diaryl/α,β-unsaturated/α-hetero) is 1. The number of ketones is 1. The molecule has 0 aromatic heterocycles. The van der Waals surface area contributed by atoms with Crippen molar-refractivity contribution in [3.05, 3.63) is 125 Å². The molecule has 1 spiro atoms. The molecule has 2 heterocycles. The molecule has 2 aliphatic heterocycles. The number of esters is 4. The lowest BCUT2D eigenvalue weighted by Gasteiger charge is -2.67. The Labute approximate surface area is 399 Å². The summed E-state index contributed by atoms with van der Waals surface area (Å²) in [7, 11) is 0. The van der Waals surface area contributed by atoms with Gasteiger partial charge in [-0.2, -0.15) is 0 Å². The molecule has 1 amide bonds. The molecular formula is C53H59NO15. The maximum atomic E-state index is 15.8. The third-order valence-corrected chi connectivity index (χ3v) is 15.0. The number of rotatable bonds is 5. The smallest absolute Gasteiger partial charge is 0.338 e. The highest BCUT2D eigenvalue weighted by Gasteiger charge is 2.78. The first-order chi connectivity index (χ1) is 32.8. The fraction of sp³-hybridized carbons (Fsp3) is 0.472. The molecule has 3 aliphatic carbocycles. The predicted octanol–water partition coefficient (Wildman–Crippen LogP) is 5.22. The Morgan fingerprint density at radius 1 is 0.841 bits per heavy atom. The number of aliphatic hydroxyl groups is 3. The van der Waals surface area contributed by atoms with Crippen LogP contribution in [0, 0.1) is 16.7 Å². The molecule has 3 fully saturated rings. The Bertz CT molecular complexity index is 2540. The number of allylic oxidation sites excluding steroid dienone is 1. The van der Waals surface area contributed by atoms with Crippen molar-refractivity contribution in [1.82, 2.24) is 5.32 Å². The molecule has 366 valence electrons. The highest BCUT2D eigenvalue weighted by molar-refractivity contribution is 5.96. The number of carbonyl (C=O) groups excluding carboxylic acids is 6. The summed E-state index contributed by atoms with van der Waals surface area (Å²) in [5, 5.41) is 41.2. The Morgan fingerprint density at radius 2 is 1.51 bits per heavy atom. The van der Waals surface area contributed by atoms with Gasteiger partial charge in [-0.15, -0.1) is 0 Å². The molecule has 8 rings (SSSR count). The molecule has 16 heteroatoms. The van der Waals surface area contributed by atoms with Crippen LogP contribution in [0.15, 0.2) is 108 Å². The molecule has 5 aliphatic rings. The van der Waals surface area contributed by atoms with E-state index >= 15 is 4.79 Å². The summed E-state index contributed by atoms with van der Waals surface area (Å²) in [6.45, 7) is 6.97. The van der Waals surface area contributed by atoms with Crippen LogP contribution in [-0.4, -0.2) is 112 Å². The topological polar surface area (TPSA) is 231 Å². The van der Waals surface area contributed by atoms with E-state index in [2.05, 4.69) is 5.32 Å². The average Bonchev–Trinajstić information content (AvgIpc) is 3.32. The zero-order valence-electron chi connectivity index (χ0n) is 39.3. The summed E-state index contributed by atoms with van der Waals surface area (Å²) in [6, 6.07) is 21.2. The van der Waals surface area contributed by atoms with Gasteiger partial charge in [0.1, 0.15) is 36.3 Å². The quantitative estimate of drug-likeness (QED) is 0.146. The number of hydrogen-bond donors (Lipinski definition) is 4. The van der Waals surface area contributed by atoms with Crippen LogP contribution in [0.25, 0.3) is 0 Å². The van der Waals surface area contributed by atoms with Crippen LogP contribution in [0.5, 0.6) is 5.75 Å². The number of aliphatic hydroxyl groups excluding tert-OH is 2. The highest BCUT2D eigenvalue weighted by Crippen LogP contribution is 2.64. The van der Waals surface area contributed by atoms with Gasteiger partial charge in [0.25, 0.3) is 5.91 Å². The zero-order valence-corrected chi connectivity index (χ0v) is 39.3. The lowest BCUT2D eigenvalue weighted by atomic mass is 9.44. The van der Waals surface area contributed by atoms with Crippen LogP contribution < -0.4 is 10.1 Å². The van der Waals surface area contributed by atoms with Crippen molar-refractivity contribution in [2.45, 2.75) is 127 Å². The predicted molar refractivity (Wildman–Crippen MR) is 245 cm³/mol. The zero-order chi connectivity index (χ0) is 49.5. The van der Waals surface area contributed by atoms with E-state index in [1.54, 1.807) is 92.7 Å². The summed E-state index contributed by atoms with van der Waals surface area (Å²) in [6.07, 6.45) is -5.67. The van der Waals surface area contributed by atoms with Gasteiger partial charge in [-0.1, -0.05) is 80.6 Å². The first-order valence-corrected chi connectivity index (χ1v) is 23.4. The number of hydrogen-bond acceptors (Lipinski definition) is 15. The van der Waals surface area contributed by atoms with Crippen molar-refractivity contribution in [2.75, 3.05) is 13.2 Å². The van der Waals surface area contributed by atoms with E-state index in [4.69, 9.17) is 28.4 Å². The maximum Gasteiger partial charge on any atom is 0.338 e. The molecule has 69 heavy (non-hydrogen) atoms. The molecule has 11 atom stereocenters. The van der Waals surface area contributed by atoms with Crippen molar-refractivity contribution in [3.63, 3.8) is 0 Å². The van der Waals surface area contributed by atoms with E-state index < -0.39 is 113 Å². The van der Waals surface area contributed by atoms with E-state index in [1.165, 1.54) is 26.0 Å². The van der Waals surface area contributed by atoms with Crippen molar-refractivity contribution >= 4 is 35.6 Å². The number of amides is 1. The van der Waals surface area contributed by atoms with Crippen LogP contribution in [-0.2, 0) is 42.9 Å². The van der Waals surface area contributed by atoms with Gasteiger partial charge in [0.2, 0.25) is 0 Å². The number of benzene rings is 3. The van der Waals surface area contributed by atoms with Gasteiger partial charge in [-0.3, -0.25) is 19.2 Å². The average molecular weight is 950 g/mol. The summed E-state index contributed by atoms with van der Waals surface area (Å²) in [4.78, 5) is 86.1. The third kappa shape index (κ3) is 8.76. The third-order valence-electron chi connectivity index (χ3n) is 15.0. The van der Waals surface area contributed by atoms with Gasteiger partial charge in [-0.05, 0) is 74.6 Å². The lowest BCUT2D eigenvalue weighted by molar-refractivity contribution is -0.346. The molecule has 2 saturated carbocycles. The minimum atomic E-state index is -2.42. The van der Waals surface area contributed by atoms with Gasteiger partial charge in [0, 0.05) is 42.7 Å². The molecule has 4 N–H and O–H groups in total. The highest BCUT2D eigenvalue weighted by atomic mass is 16.6. The maximum absolute atomic E-state index is 15.8. The number of ether oxygens (including phenoxy) is 6. The van der Waals surface area contributed by atoms with Crippen LogP contribution in [0.4, 0.5) is 0 Å². The fourth-order valence-corrected chi connectivity index (χ4v) is 11.2. The van der Waals surface area contributed by atoms with Crippen LogP contribution in [0.1, 0.15) is 105 Å². The van der Waals surface area contributed by atoms with E-state index in [1.807, 2.05) is 6.08 Å². The molecule has 16 nitrogen and oxygen atoms in total. The summed E-state index contributed by atoms with van der Waals surface area (Å²) in [5.41, 5.74) is -7.31. The Morgan fingerprint density at radius 3 is 2.17 bits per heavy atom. The molecule has 3 aromatic carbocycles. The van der Waals surface area contributed by atoms with E-state index in [0.29, 0.717) is 19.3 Å². The normalized spacial score (nSPS) is 33.9. The molecule has 0 unspecified atom stereocenters. The second-order valence-corrected chi connectivity index (χ2v) is 19.4. The minimum absolute atomic E-state index is 0.00964.